The normalized spacial score (nSPS) is 11.3. The lowest BCUT2D eigenvalue weighted by atomic mass is 10.1. The minimum atomic E-state index is -3.41. The van der Waals surface area contributed by atoms with E-state index in [-0.39, 0.29) is 5.56 Å². The average Bonchev–Trinajstić information content (AvgIpc) is 2.04. The van der Waals surface area contributed by atoms with Crippen LogP contribution in [0.15, 0.2) is 24.3 Å². The number of alkyl halides is 2. The molecule has 0 fully saturated rings. The summed E-state index contributed by atoms with van der Waals surface area (Å²) in [5.41, 5.74) is 4.41. The van der Waals surface area contributed by atoms with Gasteiger partial charge in [0.25, 0.3) is 0 Å². The van der Waals surface area contributed by atoms with E-state index in [1.54, 1.807) is 0 Å². The smallest absolute Gasteiger partial charge is 0.328 e. The van der Waals surface area contributed by atoms with E-state index in [1.165, 1.54) is 12.1 Å². The monoisotopic (exact) mass is 204 g/mol. The van der Waals surface area contributed by atoms with Gasteiger partial charge in [0, 0.05) is 10.6 Å². The first-order valence-corrected chi connectivity index (χ1v) is 3.80. The molecule has 0 saturated carbocycles. The van der Waals surface area contributed by atoms with Crippen LogP contribution in [0, 0.1) is 5.41 Å². The van der Waals surface area contributed by atoms with Crippen LogP contribution in [0.2, 0.25) is 5.02 Å². The number of benzene rings is 1. The molecular weight excluding hydrogens is 198 g/mol. The molecule has 0 aromatic heterocycles. The first kappa shape index (κ1) is 9.92. The van der Waals surface area contributed by atoms with Crippen molar-refractivity contribution >= 4 is 17.4 Å². The first-order valence-electron chi connectivity index (χ1n) is 3.43. The number of hydrogen-bond acceptors (Lipinski definition) is 1. The molecule has 3 N–H and O–H groups in total. The summed E-state index contributed by atoms with van der Waals surface area (Å²) < 4.78 is 26.0. The Balaban J connectivity index is 3.08. The molecule has 0 amide bonds. The van der Waals surface area contributed by atoms with Gasteiger partial charge in [0.15, 0.2) is 5.84 Å². The quantitative estimate of drug-likeness (QED) is 0.564. The van der Waals surface area contributed by atoms with Crippen molar-refractivity contribution in [2.24, 2.45) is 5.73 Å². The fourth-order valence-corrected chi connectivity index (χ4v) is 0.941. The fraction of sp³-hybridized carbons (Fsp3) is 0.125. The first-order chi connectivity index (χ1) is 5.94. The molecular formula is C8H7ClF2N2. The van der Waals surface area contributed by atoms with Gasteiger partial charge in [-0.05, 0) is 12.1 Å². The second kappa shape index (κ2) is 3.30. The van der Waals surface area contributed by atoms with E-state index in [0.29, 0.717) is 5.02 Å². The van der Waals surface area contributed by atoms with Crippen LogP contribution in [0.3, 0.4) is 0 Å². The zero-order valence-electron chi connectivity index (χ0n) is 6.52. The topological polar surface area (TPSA) is 49.9 Å². The van der Waals surface area contributed by atoms with Gasteiger partial charge >= 0.3 is 5.92 Å². The van der Waals surface area contributed by atoms with Gasteiger partial charge < -0.3 is 5.73 Å². The molecule has 0 aliphatic rings. The Morgan fingerprint density at radius 2 is 1.77 bits per heavy atom. The lowest BCUT2D eigenvalue weighted by Crippen LogP contribution is -2.32. The third-order valence-electron chi connectivity index (χ3n) is 1.55. The molecule has 5 heteroatoms. The summed E-state index contributed by atoms with van der Waals surface area (Å²) in [5.74, 6) is -4.58. The molecule has 13 heavy (non-hydrogen) atoms. The van der Waals surface area contributed by atoms with Crippen molar-refractivity contribution in [2.45, 2.75) is 5.92 Å². The standard InChI is InChI=1S/C8H7ClF2N2/c9-6-3-1-5(2-4-6)8(10,11)7(12)13/h1-4H,(H3,12,13). The highest BCUT2D eigenvalue weighted by Crippen LogP contribution is 2.28. The zero-order chi connectivity index (χ0) is 10.1. The molecule has 1 aromatic rings. The van der Waals surface area contributed by atoms with E-state index in [4.69, 9.17) is 22.7 Å². The Bertz CT molecular complexity index is 321. The SMILES string of the molecule is N=C(N)C(F)(F)c1ccc(Cl)cc1. The van der Waals surface area contributed by atoms with Crippen molar-refractivity contribution in [1.29, 1.82) is 5.41 Å². The summed E-state index contributed by atoms with van der Waals surface area (Å²) in [5, 5.41) is 7.05. The number of halogens is 3. The summed E-state index contributed by atoms with van der Waals surface area (Å²) in [6, 6.07) is 4.94. The largest absolute Gasteiger partial charge is 0.382 e. The highest BCUT2D eigenvalue weighted by atomic mass is 35.5. The van der Waals surface area contributed by atoms with E-state index < -0.39 is 11.8 Å². The van der Waals surface area contributed by atoms with E-state index in [0.717, 1.165) is 12.1 Å². The van der Waals surface area contributed by atoms with Gasteiger partial charge in [0.1, 0.15) is 0 Å². The number of nitrogens with two attached hydrogens (primary N) is 1. The second-order valence-electron chi connectivity index (χ2n) is 2.49. The minimum Gasteiger partial charge on any atom is -0.382 e. The maximum absolute atomic E-state index is 13.0. The fourth-order valence-electron chi connectivity index (χ4n) is 0.815. The molecule has 0 unspecified atom stereocenters. The molecule has 0 radical (unpaired) electrons. The number of hydrogen-bond donors (Lipinski definition) is 2. The molecule has 70 valence electrons. The van der Waals surface area contributed by atoms with Crippen LogP contribution in [-0.2, 0) is 5.92 Å². The highest BCUT2D eigenvalue weighted by molar-refractivity contribution is 6.30. The molecule has 1 rings (SSSR count). The van der Waals surface area contributed by atoms with Gasteiger partial charge in [-0.1, -0.05) is 23.7 Å². The van der Waals surface area contributed by atoms with Gasteiger partial charge in [-0.3, -0.25) is 5.41 Å². The van der Waals surface area contributed by atoms with Crippen LogP contribution in [0.25, 0.3) is 0 Å². The van der Waals surface area contributed by atoms with Gasteiger partial charge in [-0.2, -0.15) is 8.78 Å². The van der Waals surface area contributed by atoms with Crippen LogP contribution in [0.1, 0.15) is 5.56 Å². The molecule has 0 spiro atoms. The van der Waals surface area contributed by atoms with Gasteiger partial charge in [0.05, 0.1) is 0 Å². The Morgan fingerprint density at radius 3 is 2.15 bits per heavy atom. The maximum Gasteiger partial charge on any atom is 0.328 e. The van der Waals surface area contributed by atoms with Crippen molar-refractivity contribution in [1.82, 2.24) is 0 Å². The summed E-state index contributed by atoms with van der Waals surface area (Å²) in [7, 11) is 0. The van der Waals surface area contributed by atoms with E-state index in [2.05, 4.69) is 0 Å². The number of rotatable bonds is 2. The average molecular weight is 205 g/mol. The molecule has 2 nitrogen and oxygen atoms in total. The predicted octanol–water partition coefficient (Wildman–Crippen LogP) is 2.37. The van der Waals surface area contributed by atoms with Crippen molar-refractivity contribution < 1.29 is 8.78 Å². The molecule has 0 aliphatic carbocycles. The highest BCUT2D eigenvalue weighted by Gasteiger charge is 2.35. The second-order valence-corrected chi connectivity index (χ2v) is 2.93. The Hall–Kier alpha value is -1.16. The lowest BCUT2D eigenvalue weighted by molar-refractivity contribution is 0.0734. The number of amidine groups is 1. The van der Waals surface area contributed by atoms with E-state index in [9.17, 15) is 8.78 Å². The van der Waals surface area contributed by atoms with Crippen molar-refractivity contribution in [3.8, 4) is 0 Å². The molecule has 0 aliphatic heterocycles. The minimum absolute atomic E-state index is 0.329. The van der Waals surface area contributed by atoms with Crippen LogP contribution in [-0.4, -0.2) is 5.84 Å². The predicted molar refractivity (Wildman–Crippen MR) is 47.3 cm³/mol. The molecule has 0 heterocycles. The van der Waals surface area contributed by atoms with Crippen LogP contribution >= 0.6 is 11.6 Å². The molecule has 0 atom stereocenters. The Labute approximate surface area is 78.8 Å². The van der Waals surface area contributed by atoms with Gasteiger partial charge in [-0.25, -0.2) is 0 Å². The molecule has 0 bridgehead atoms. The van der Waals surface area contributed by atoms with Crippen LogP contribution in [0.5, 0.6) is 0 Å². The number of nitrogens with one attached hydrogen (secondary N) is 1. The lowest BCUT2D eigenvalue weighted by Gasteiger charge is -2.14. The van der Waals surface area contributed by atoms with E-state index in [1.807, 2.05) is 0 Å². The molecule has 1 aromatic carbocycles. The van der Waals surface area contributed by atoms with E-state index >= 15 is 0 Å². The summed E-state index contributed by atoms with van der Waals surface area (Å²) in [4.78, 5) is 0. The van der Waals surface area contributed by atoms with Crippen LogP contribution in [0.4, 0.5) is 8.78 Å². The Kier molecular flexibility index (Phi) is 2.52. The van der Waals surface area contributed by atoms with Crippen LogP contribution < -0.4 is 5.73 Å². The maximum atomic E-state index is 13.0. The van der Waals surface area contributed by atoms with Gasteiger partial charge in [-0.15, -0.1) is 0 Å². The van der Waals surface area contributed by atoms with Crippen molar-refractivity contribution in [3.63, 3.8) is 0 Å². The molecule has 0 saturated heterocycles. The summed E-state index contributed by atoms with van der Waals surface area (Å²) >= 11 is 5.51. The van der Waals surface area contributed by atoms with Crippen molar-refractivity contribution in [2.75, 3.05) is 0 Å². The Morgan fingerprint density at radius 1 is 1.31 bits per heavy atom. The summed E-state index contributed by atoms with van der Waals surface area (Å²) in [6.45, 7) is 0. The van der Waals surface area contributed by atoms with Crippen molar-refractivity contribution in [3.05, 3.63) is 34.9 Å². The van der Waals surface area contributed by atoms with Gasteiger partial charge in [0.2, 0.25) is 0 Å². The zero-order valence-corrected chi connectivity index (χ0v) is 7.28. The third-order valence-corrected chi connectivity index (χ3v) is 1.80. The summed E-state index contributed by atoms with van der Waals surface area (Å²) in [6.07, 6.45) is 0. The third kappa shape index (κ3) is 1.95.